The number of hydrogen-bond acceptors (Lipinski definition) is 4. The van der Waals surface area contributed by atoms with E-state index in [9.17, 15) is 9.59 Å². The molecule has 0 saturated heterocycles. The van der Waals surface area contributed by atoms with E-state index >= 15 is 0 Å². The lowest BCUT2D eigenvalue weighted by molar-refractivity contribution is -0.135. The van der Waals surface area contributed by atoms with Crippen molar-refractivity contribution in [3.63, 3.8) is 0 Å². The SMILES string of the molecule is CCOc1ccc(NC(=O)CN(C)C(=O)[C@@H]2[C@@H](C=C(C)C)C2(C)C)cc1OCC. The molecule has 2 atom stereocenters. The van der Waals surface area contributed by atoms with Crippen molar-refractivity contribution < 1.29 is 19.1 Å². The first-order valence-corrected chi connectivity index (χ1v) is 10.2. The molecular weight excluding hydrogens is 368 g/mol. The molecule has 160 valence electrons. The summed E-state index contributed by atoms with van der Waals surface area (Å²) in [4.78, 5) is 26.8. The van der Waals surface area contributed by atoms with Gasteiger partial charge in [-0.05, 0) is 51.2 Å². The molecule has 0 spiro atoms. The summed E-state index contributed by atoms with van der Waals surface area (Å²) in [6.07, 6.45) is 2.16. The number of amides is 2. The fourth-order valence-electron chi connectivity index (χ4n) is 3.68. The summed E-state index contributed by atoms with van der Waals surface area (Å²) in [5, 5.41) is 2.84. The second-order valence-electron chi connectivity index (χ2n) is 8.34. The summed E-state index contributed by atoms with van der Waals surface area (Å²) in [6, 6.07) is 5.28. The number of likely N-dealkylation sites (N-methyl/N-ethyl adjacent to an activating group) is 1. The molecule has 0 aromatic heterocycles. The van der Waals surface area contributed by atoms with Gasteiger partial charge in [0.25, 0.3) is 0 Å². The number of carbonyl (C=O) groups excluding carboxylic acids is 2. The zero-order valence-corrected chi connectivity index (χ0v) is 18.7. The minimum atomic E-state index is -0.246. The van der Waals surface area contributed by atoms with Gasteiger partial charge < -0.3 is 19.7 Å². The largest absolute Gasteiger partial charge is 0.490 e. The molecule has 0 unspecified atom stereocenters. The van der Waals surface area contributed by atoms with Gasteiger partial charge in [0.05, 0.1) is 25.7 Å². The van der Waals surface area contributed by atoms with Crippen LogP contribution in [0.2, 0.25) is 0 Å². The molecule has 6 heteroatoms. The summed E-state index contributed by atoms with van der Waals surface area (Å²) >= 11 is 0. The fourth-order valence-corrected chi connectivity index (χ4v) is 3.68. The van der Waals surface area contributed by atoms with E-state index in [1.807, 2.05) is 27.7 Å². The Kier molecular flexibility index (Phi) is 7.33. The fraction of sp³-hybridized carbons (Fsp3) is 0.565. The standard InChI is InChI=1S/C23H34N2O4/c1-8-28-18-11-10-16(13-19(18)29-9-2)24-20(26)14-25(7)22(27)21-17(12-15(3)4)23(21,5)6/h10-13,17,21H,8-9,14H2,1-7H3,(H,24,26)/t17-,21+/m1/s1. The van der Waals surface area contributed by atoms with Gasteiger partial charge in [0.1, 0.15) is 0 Å². The smallest absolute Gasteiger partial charge is 0.243 e. The third-order valence-electron chi connectivity index (χ3n) is 5.27. The summed E-state index contributed by atoms with van der Waals surface area (Å²) in [5.41, 5.74) is 1.75. The molecule has 0 heterocycles. The van der Waals surface area contributed by atoms with Crippen molar-refractivity contribution in [3.8, 4) is 11.5 Å². The zero-order valence-electron chi connectivity index (χ0n) is 18.7. The van der Waals surface area contributed by atoms with Crippen molar-refractivity contribution in [2.75, 3.05) is 32.1 Å². The highest BCUT2D eigenvalue weighted by atomic mass is 16.5. The van der Waals surface area contributed by atoms with Crippen LogP contribution in [0, 0.1) is 17.3 Å². The number of rotatable bonds is 9. The lowest BCUT2D eigenvalue weighted by Crippen LogP contribution is -2.36. The number of anilines is 1. The quantitative estimate of drug-likeness (QED) is 0.631. The summed E-state index contributed by atoms with van der Waals surface area (Å²) in [6.45, 7) is 13.1. The average Bonchev–Trinajstić information content (AvgIpc) is 3.15. The normalized spacial score (nSPS) is 19.1. The first-order chi connectivity index (χ1) is 13.6. The molecule has 2 amide bonds. The Bertz CT molecular complexity index is 781. The van der Waals surface area contributed by atoms with Crippen LogP contribution in [0.5, 0.6) is 11.5 Å². The van der Waals surface area contributed by atoms with Crippen LogP contribution in [0.15, 0.2) is 29.8 Å². The first kappa shape index (κ1) is 22.8. The van der Waals surface area contributed by atoms with Gasteiger partial charge in [-0.25, -0.2) is 0 Å². The summed E-state index contributed by atoms with van der Waals surface area (Å²) in [5.74, 6) is 1.14. The Morgan fingerprint density at radius 2 is 1.76 bits per heavy atom. The molecule has 1 aliphatic carbocycles. The molecule has 1 N–H and O–H groups in total. The zero-order chi connectivity index (χ0) is 21.8. The van der Waals surface area contributed by atoms with Gasteiger partial charge in [0.2, 0.25) is 11.8 Å². The Morgan fingerprint density at radius 1 is 1.14 bits per heavy atom. The number of carbonyl (C=O) groups is 2. The van der Waals surface area contributed by atoms with E-state index < -0.39 is 0 Å². The van der Waals surface area contributed by atoms with Crippen LogP contribution in [-0.4, -0.2) is 43.5 Å². The van der Waals surface area contributed by atoms with E-state index in [0.29, 0.717) is 30.4 Å². The van der Waals surface area contributed by atoms with Crippen molar-refractivity contribution in [2.45, 2.75) is 41.5 Å². The van der Waals surface area contributed by atoms with E-state index in [1.54, 1.807) is 25.2 Å². The summed E-state index contributed by atoms with van der Waals surface area (Å²) < 4.78 is 11.1. The van der Waals surface area contributed by atoms with E-state index in [1.165, 1.54) is 10.5 Å². The van der Waals surface area contributed by atoms with Crippen LogP contribution < -0.4 is 14.8 Å². The number of hydrogen-bond donors (Lipinski definition) is 1. The third-order valence-corrected chi connectivity index (χ3v) is 5.27. The van der Waals surface area contributed by atoms with Crippen molar-refractivity contribution in [1.82, 2.24) is 4.90 Å². The van der Waals surface area contributed by atoms with Gasteiger partial charge in [-0.2, -0.15) is 0 Å². The van der Waals surface area contributed by atoms with Gasteiger partial charge in [-0.1, -0.05) is 25.5 Å². The molecule has 1 fully saturated rings. The van der Waals surface area contributed by atoms with E-state index in [-0.39, 0.29) is 35.6 Å². The van der Waals surface area contributed by atoms with Crippen molar-refractivity contribution in [2.24, 2.45) is 17.3 Å². The van der Waals surface area contributed by atoms with Crippen LogP contribution in [0.25, 0.3) is 0 Å². The van der Waals surface area contributed by atoms with E-state index in [2.05, 4.69) is 25.2 Å². The Labute approximate surface area is 174 Å². The topological polar surface area (TPSA) is 67.9 Å². The lowest BCUT2D eigenvalue weighted by Gasteiger charge is -2.18. The van der Waals surface area contributed by atoms with E-state index in [0.717, 1.165) is 0 Å². The maximum absolute atomic E-state index is 12.8. The van der Waals surface area contributed by atoms with Gasteiger partial charge in [-0.15, -0.1) is 0 Å². The van der Waals surface area contributed by atoms with Gasteiger partial charge in [0, 0.05) is 18.8 Å². The highest BCUT2D eigenvalue weighted by molar-refractivity contribution is 5.95. The van der Waals surface area contributed by atoms with Gasteiger partial charge in [0.15, 0.2) is 11.5 Å². The van der Waals surface area contributed by atoms with E-state index in [4.69, 9.17) is 9.47 Å². The Balaban J connectivity index is 1.99. The molecule has 2 rings (SSSR count). The molecule has 1 aromatic carbocycles. The van der Waals surface area contributed by atoms with Gasteiger partial charge >= 0.3 is 0 Å². The summed E-state index contributed by atoms with van der Waals surface area (Å²) in [7, 11) is 1.68. The second kappa shape index (κ2) is 9.33. The Morgan fingerprint density at radius 3 is 2.34 bits per heavy atom. The molecule has 6 nitrogen and oxygen atoms in total. The maximum atomic E-state index is 12.8. The molecule has 0 aliphatic heterocycles. The monoisotopic (exact) mass is 402 g/mol. The number of allylic oxidation sites excluding steroid dienone is 2. The molecule has 1 aliphatic rings. The molecule has 0 bridgehead atoms. The average molecular weight is 403 g/mol. The first-order valence-electron chi connectivity index (χ1n) is 10.2. The van der Waals surface area contributed by atoms with Gasteiger partial charge in [-0.3, -0.25) is 9.59 Å². The number of benzene rings is 1. The number of ether oxygens (including phenoxy) is 2. The molecular formula is C23H34N2O4. The predicted octanol–water partition coefficient (Wildman–Crippen LogP) is 4.12. The predicted molar refractivity (Wildman–Crippen MR) is 115 cm³/mol. The molecule has 29 heavy (non-hydrogen) atoms. The second-order valence-corrected chi connectivity index (χ2v) is 8.34. The lowest BCUT2D eigenvalue weighted by atomic mass is 10.1. The van der Waals surface area contributed by atoms with Crippen molar-refractivity contribution in [3.05, 3.63) is 29.8 Å². The Hall–Kier alpha value is -2.50. The van der Waals surface area contributed by atoms with Crippen LogP contribution in [0.3, 0.4) is 0 Å². The maximum Gasteiger partial charge on any atom is 0.243 e. The van der Waals surface area contributed by atoms with Crippen molar-refractivity contribution in [1.29, 1.82) is 0 Å². The van der Waals surface area contributed by atoms with Crippen LogP contribution in [0.1, 0.15) is 41.5 Å². The number of nitrogens with zero attached hydrogens (tertiary/aromatic N) is 1. The number of nitrogens with one attached hydrogen (secondary N) is 1. The minimum absolute atomic E-state index is 0.00410. The third kappa shape index (κ3) is 5.52. The van der Waals surface area contributed by atoms with Crippen LogP contribution in [0.4, 0.5) is 5.69 Å². The molecule has 1 saturated carbocycles. The van der Waals surface area contributed by atoms with Crippen LogP contribution in [-0.2, 0) is 9.59 Å². The van der Waals surface area contributed by atoms with Crippen LogP contribution >= 0.6 is 0 Å². The molecule has 0 radical (unpaired) electrons. The highest BCUT2D eigenvalue weighted by Gasteiger charge is 2.61. The van der Waals surface area contributed by atoms with Crippen molar-refractivity contribution >= 4 is 17.5 Å². The molecule has 1 aromatic rings. The highest BCUT2D eigenvalue weighted by Crippen LogP contribution is 2.59. The minimum Gasteiger partial charge on any atom is -0.490 e.